The van der Waals surface area contributed by atoms with Crippen molar-refractivity contribution in [2.45, 2.75) is 37.8 Å². The number of hydrazone groups is 1. The molecule has 0 bridgehead atoms. The summed E-state index contributed by atoms with van der Waals surface area (Å²) < 4.78 is 7.06. The summed E-state index contributed by atoms with van der Waals surface area (Å²) in [4.78, 5) is 33.1. The van der Waals surface area contributed by atoms with Gasteiger partial charge in [-0.3, -0.25) is 14.2 Å². The largest absolute Gasteiger partial charge is 0.494 e. The fourth-order valence-electron chi connectivity index (χ4n) is 4.25. The molecule has 2 aromatic carbocycles. The average Bonchev–Trinajstić information content (AvgIpc) is 3.28. The number of nitrogens with zero attached hydrogens (tertiary/aromatic N) is 3. The highest BCUT2D eigenvalue weighted by Crippen LogP contribution is 2.35. The smallest absolute Gasteiger partial charge is 0.267 e. The summed E-state index contributed by atoms with van der Waals surface area (Å²) in [5.41, 5.74) is 5.23. The van der Waals surface area contributed by atoms with E-state index in [9.17, 15) is 9.59 Å². The lowest BCUT2D eigenvalue weighted by molar-refractivity contribution is -0.118. The van der Waals surface area contributed by atoms with E-state index in [2.05, 4.69) is 10.5 Å². The molecule has 5 rings (SSSR count). The number of hydrogen-bond donors (Lipinski definition) is 1. The van der Waals surface area contributed by atoms with E-state index in [0.717, 1.165) is 58.5 Å². The van der Waals surface area contributed by atoms with Gasteiger partial charge in [0, 0.05) is 4.88 Å². The number of aromatic nitrogens is 2. The van der Waals surface area contributed by atoms with Gasteiger partial charge in [0.2, 0.25) is 0 Å². The number of hydrogen-bond acceptors (Lipinski definition) is 7. The number of para-hydroxylation sites is 1. The molecule has 9 heteroatoms. The van der Waals surface area contributed by atoms with Crippen LogP contribution in [0.5, 0.6) is 5.75 Å². The van der Waals surface area contributed by atoms with Gasteiger partial charge in [-0.15, -0.1) is 11.3 Å². The number of fused-ring (bicyclic) bond motifs is 3. The van der Waals surface area contributed by atoms with Crippen LogP contribution in [0.4, 0.5) is 0 Å². The first-order valence-corrected chi connectivity index (χ1v) is 13.7. The molecule has 1 aliphatic carbocycles. The standard InChI is InChI=1S/C27H26N4O3S2/c1-2-34-20-14-12-18(13-15-20)16-28-30-23(32)17-35-27-29-25-24(21-10-6-7-11-22(21)36-25)26(33)31(27)19-8-4-3-5-9-19/h3-5,8-9,12-16H,2,6-7,10-11,17H2,1H3,(H,30,32)/b28-16-. The topological polar surface area (TPSA) is 85.6 Å². The normalized spacial score (nSPS) is 13.1. The highest BCUT2D eigenvalue weighted by atomic mass is 32.2. The Balaban J connectivity index is 1.35. The van der Waals surface area contributed by atoms with Crippen LogP contribution in [0.3, 0.4) is 0 Å². The van der Waals surface area contributed by atoms with E-state index in [-0.39, 0.29) is 17.2 Å². The fourth-order valence-corrected chi connectivity index (χ4v) is 6.35. The van der Waals surface area contributed by atoms with E-state index in [0.29, 0.717) is 11.8 Å². The Labute approximate surface area is 217 Å². The second-order valence-electron chi connectivity index (χ2n) is 8.35. The summed E-state index contributed by atoms with van der Waals surface area (Å²) in [7, 11) is 0. The van der Waals surface area contributed by atoms with Gasteiger partial charge < -0.3 is 4.74 Å². The Morgan fingerprint density at radius 2 is 1.94 bits per heavy atom. The number of carbonyl (C=O) groups is 1. The number of rotatable bonds is 8. The van der Waals surface area contributed by atoms with Gasteiger partial charge >= 0.3 is 0 Å². The SMILES string of the molecule is CCOc1ccc(/C=N\NC(=O)CSc2nc3sc4c(c3c(=O)n2-c2ccccc2)CCCC4)cc1. The van der Waals surface area contributed by atoms with Crippen molar-refractivity contribution in [2.75, 3.05) is 12.4 Å². The lowest BCUT2D eigenvalue weighted by Gasteiger charge is -2.13. The third kappa shape index (κ3) is 5.22. The van der Waals surface area contributed by atoms with Crippen molar-refractivity contribution in [1.82, 2.24) is 15.0 Å². The first-order valence-electron chi connectivity index (χ1n) is 11.9. The Bertz CT molecular complexity index is 1460. The summed E-state index contributed by atoms with van der Waals surface area (Å²) in [6.07, 6.45) is 5.74. The van der Waals surface area contributed by atoms with Crippen molar-refractivity contribution in [3.8, 4) is 11.4 Å². The molecule has 1 amide bonds. The highest BCUT2D eigenvalue weighted by molar-refractivity contribution is 7.99. The van der Waals surface area contributed by atoms with Crippen LogP contribution in [-0.4, -0.2) is 34.0 Å². The molecule has 2 aromatic heterocycles. The predicted octanol–water partition coefficient (Wildman–Crippen LogP) is 4.97. The van der Waals surface area contributed by atoms with E-state index >= 15 is 0 Å². The summed E-state index contributed by atoms with van der Waals surface area (Å²) in [6, 6.07) is 16.9. The Morgan fingerprint density at radius 1 is 1.17 bits per heavy atom. The molecule has 2 heterocycles. The Hall–Kier alpha value is -3.43. The molecule has 0 saturated carbocycles. The van der Waals surface area contributed by atoms with Crippen molar-refractivity contribution in [3.63, 3.8) is 0 Å². The minimum atomic E-state index is -0.276. The number of thioether (sulfide) groups is 1. The summed E-state index contributed by atoms with van der Waals surface area (Å²) >= 11 is 2.85. The Kier molecular flexibility index (Phi) is 7.48. The van der Waals surface area contributed by atoms with Gasteiger partial charge in [0.05, 0.1) is 29.6 Å². The minimum Gasteiger partial charge on any atom is -0.494 e. The number of aryl methyl sites for hydroxylation is 2. The van der Waals surface area contributed by atoms with Crippen molar-refractivity contribution in [2.24, 2.45) is 5.10 Å². The molecule has 0 fully saturated rings. The number of benzene rings is 2. The number of nitrogens with one attached hydrogen (secondary N) is 1. The Morgan fingerprint density at radius 3 is 2.72 bits per heavy atom. The third-order valence-electron chi connectivity index (χ3n) is 5.90. The van der Waals surface area contributed by atoms with Crippen molar-refractivity contribution in [1.29, 1.82) is 0 Å². The molecule has 0 spiro atoms. The lowest BCUT2D eigenvalue weighted by atomic mass is 9.97. The van der Waals surface area contributed by atoms with Crippen LogP contribution < -0.4 is 15.7 Å². The zero-order valence-corrected chi connectivity index (χ0v) is 21.5. The van der Waals surface area contributed by atoms with E-state index in [4.69, 9.17) is 9.72 Å². The molecule has 7 nitrogen and oxygen atoms in total. The van der Waals surface area contributed by atoms with Crippen LogP contribution in [0.1, 0.15) is 35.8 Å². The van der Waals surface area contributed by atoms with Gasteiger partial charge in [0.15, 0.2) is 5.16 Å². The highest BCUT2D eigenvalue weighted by Gasteiger charge is 2.23. The van der Waals surface area contributed by atoms with E-state index in [1.54, 1.807) is 22.1 Å². The van der Waals surface area contributed by atoms with Crippen LogP contribution in [0, 0.1) is 0 Å². The van der Waals surface area contributed by atoms with Gasteiger partial charge in [0.1, 0.15) is 10.6 Å². The molecule has 0 aliphatic heterocycles. The van der Waals surface area contributed by atoms with Gasteiger partial charge in [-0.1, -0.05) is 30.0 Å². The second kappa shape index (κ2) is 11.1. The number of ether oxygens (including phenoxy) is 1. The van der Waals surface area contributed by atoms with Crippen molar-refractivity contribution >= 4 is 45.4 Å². The molecule has 0 radical (unpaired) electrons. The zero-order valence-electron chi connectivity index (χ0n) is 19.9. The molecule has 36 heavy (non-hydrogen) atoms. The van der Waals surface area contributed by atoms with E-state index in [1.807, 2.05) is 61.5 Å². The minimum absolute atomic E-state index is 0.0676. The van der Waals surface area contributed by atoms with Crippen LogP contribution >= 0.6 is 23.1 Å². The second-order valence-corrected chi connectivity index (χ2v) is 10.4. The van der Waals surface area contributed by atoms with Gasteiger partial charge in [-0.25, -0.2) is 10.4 Å². The number of amides is 1. The molecule has 1 N–H and O–H groups in total. The average molecular weight is 519 g/mol. The maximum Gasteiger partial charge on any atom is 0.267 e. The molecular weight excluding hydrogens is 492 g/mol. The monoisotopic (exact) mass is 518 g/mol. The number of thiophene rings is 1. The summed E-state index contributed by atoms with van der Waals surface area (Å²) in [6.45, 7) is 2.54. The van der Waals surface area contributed by atoms with Crippen molar-refractivity contribution in [3.05, 3.63) is 81.0 Å². The summed E-state index contributed by atoms with van der Waals surface area (Å²) in [5.74, 6) is 0.591. The molecule has 0 unspecified atom stereocenters. The maximum atomic E-state index is 13.7. The van der Waals surface area contributed by atoms with E-state index in [1.165, 1.54) is 16.6 Å². The fraction of sp³-hybridized carbons (Fsp3) is 0.259. The van der Waals surface area contributed by atoms with Crippen molar-refractivity contribution < 1.29 is 9.53 Å². The van der Waals surface area contributed by atoms with E-state index < -0.39 is 0 Å². The van der Waals surface area contributed by atoms with Gasteiger partial charge in [0.25, 0.3) is 11.5 Å². The lowest BCUT2D eigenvalue weighted by Crippen LogP contribution is -2.24. The van der Waals surface area contributed by atoms with Crippen LogP contribution in [0.25, 0.3) is 15.9 Å². The first kappa shape index (κ1) is 24.3. The van der Waals surface area contributed by atoms with Gasteiger partial charge in [-0.05, 0) is 80.1 Å². The maximum absolute atomic E-state index is 13.7. The van der Waals surface area contributed by atoms with Crippen LogP contribution in [-0.2, 0) is 17.6 Å². The van der Waals surface area contributed by atoms with Crippen LogP contribution in [0.2, 0.25) is 0 Å². The van der Waals surface area contributed by atoms with Gasteiger partial charge in [-0.2, -0.15) is 5.10 Å². The molecule has 0 atom stereocenters. The quantitative estimate of drug-likeness (QED) is 0.154. The molecule has 1 aliphatic rings. The molecular formula is C27H26N4O3S2. The zero-order chi connectivity index (χ0) is 24.9. The summed E-state index contributed by atoms with van der Waals surface area (Å²) in [5, 5.41) is 5.29. The molecule has 4 aromatic rings. The molecule has 0 saturated heterocycles. The number of carbonyl (C=O) groups excluding carboxylic acids is 1. The third-order valence-corrected chi connectivity index (χ3v) is 8.02. The first-order chi connectivity index (χ1) is 17.6. The van der Waals surface area contributed by atoms with Crippen LogP contribution in [0.15, 0.2) is 69.6 Å². The molecule has 184 valence electrons. The predicted molar refractivity (Wildman–Crippen MR) is 146 cm³/mol.